The molecule has 0 saturated heterocycles. The average Bonchev–Trinajstić information content (AvgIpc) is 2.05. The Hall–Kier alpha value is -0.940. The smallest absolute Gasteiger partial charge is 0.131 e. The molecule has 4 nitrogen and oxygen atoms in total. The number of nitrogens with one attached hydrogen (secondary N) is 2. The van der Waals surface area contributed by atoms with Crippen molar-refractivity contribution in [1.29, 1.82) is 0 Å². The maximum Gasteiger partial charge on any atom is 0.131 e. The molecule has 0 unspecified atom stereocenters. The highest BCUT2D eigenvalue weighted by molar-refractivity contribution is 5.34. The van der Waals surface area contributed by atoms with Crippen LogP contribution in [0.4, 0.5) is 5.69 Å². The zero-order valence-electron chi connectivity index (χ0n) is 6.83. The minimum absolute atomic E-state index is 0.225. The van der Waals surface area contributed by atoms with Gasteiger partial charge in [-0.15, -0.1) is 0 Å². The van der Waals surface area contributed by atoms with Crippen molar-refractivity contribution in [3.8, 4) is 0 Å². The van der Waals surface area contributed by atoms with Gasteiger partial charge in [0, 0.05) is 12.6 Å². The van der Waals surface area contributed by atoms with Crippen LogP contribution in [0.15, 0.2) is 24.3 Å². The van der Waals surface area contributed by atoms with E-state index in [0.717, 1.165) is 5.56 Å². The molecule has 1 aromatic rings. The molecule has 0 bridgehead atoms. The van der Waals surface area contributed by atoms with Crippen LogP contribution in [0.1, 0.15) is 5.56 Å². The van der Waals surface area contributed by atoms with Gasteiger partial charge in [0.15, 0.2) is 0 Å². The van der Waals surface area contributed by atoms with E-state index in [4.69, 9.17) is 0 Å². The van der Waals surface area contributed by atoms with Crippen molar-refractivity contribution in [2.75, 3.05) is 7.05 Å². The highest BCUT2D eigenvalue weighted by Crippen LogP contribution is 2.05. The van der Waals surface area contributed by atoms with Crippen molar-refractivity contribution < 1.29 is 5.23 Å². The van der Waals surface area contributed by atoms with Gasteiger partial charge in [-0.25, -0.2) is 0 Å². The van der Waals surface area contributed by atoms with Crippen LogP contribution in [0, 0.1) is 10.4 Å². The Morgan fingerprint density at radius 2 is 2.17 bits per heavy atom. The Labute approximate surface area is 71.0 Å². The molecule has 0 aliphatic heterocycles. The molecule has 0 heterocycles. The first kappa shape index (κ1) is 9.15. The lowest BCUT2D eigenvalue weighted by Gasteiger charge is -2.24. The first-order valence-electron chi connectivity index (χ1n) is 3.69. The normalized spacial score (nSPS) is 10.7. The molecule has 0 radical (unpaired) electrons. The van der Waals surface area contributed by atoms with E-state index in [1.54, 1.807) is 12.1 Å². The standard InChI is InChI=1S/C8H11N2O2/c1-9-6-7-3-2-4-8(5-7)10(11)12/h2-5,9-10H,6H2,1H3/q-1. The zero-order valence-corrected chi connectivity index (χ0v) is 6.83. The van der Waals surface area contributed by atoms with Crippen molar-refractivity contribution in [1.82, 2.24) is 5.32 Å². The molecule has 0 aliphatic carbocycles. The van der Waals surface area contributed by atoms with Crippen molar-refractivity contribution in [3.05, 3.63) is 40.2 Å². The summed E-state index contributed by atoms with van der Waals surface area (Å²) in [6, 6.07) is 6.70. The van der Waals surface area contributed by atoms with E-state index in [1.807, 2.05) is 13.1 Å². The predicted molar refractivity (Wildman–Crippen MR) is 46.6 cm³/mol. The van der Waals surface area contributed by atoms with Crippen molar-refractivity contribution in [3.63, 3.8) is 0 Å². The fraction of sp³-hybridized carbons (Fsp3) is 0.250. The lowest BCUT2D eigenvalue weighted by Crippen LogP contribution is -2.96. The number of benzene rings is 1. The van der Waals surface area contributed by atoms with Crippen molar-refractivity contribution in [2.45, 2.75) is 6.54 Å². The Balaban J connectivity index is 2.81. The topological polar surface area (TPSA) is 62.6 Å². The van der Waals surface area contributed by atoms with Crippen LogP contribution in [-0.4, -0.2) is 7.05 Å². The molecule has 66 valence electrons. The van der Waals surface area contributed by atoms with Gasteiger partial charge in [0.2, 0.25) is 0 Å². The molecule has 2 N–H and O–H groups in total. The van der Waals surface area contributed by atoms with Crippen LogP contribution in [-0.2, 0) is 6.54 Å². The van der Waals surface area contributed by atoms with Crippen LogP contribution < -0.4 is 10.5 Å². The molecule has 0 saturated carbocycles. The highest BCUT2D eigenvalue weighted by atomic mass is 16.8. The Kier molecular flexibility index (Phi) is 3.19. The zero-order chi connectivity index (χ0) is 8.97. The second kappa shape index (κ2) is 4.18. The van der Waals surface area contributed by atoms with Gasteiger partial charge < -0.3 is 21.0 Å². The van der Waals surface area contributed by atoms with Gasteiger partial charge in [-0.2, -0.15) is 0 Å². The van der Waals surface area contributed by atoms with E-state index >= 15 is 0 Å². The van der Waals surface area contributed by atoms with Gasteiger partial charge >= 0.3 is 0 Å². The van der Waals surface area contributed by atoms with Gasteiger partial charge in [0.1, 0.15) is 5.69 Å². The summed E-state index contributed by atoms with van der Waals surface area (Å²) in [7, 11) is 1.81. The molecule has 4 heteroatoms. The third-order valence-electron chi connectivity index (χ3n) is 1.54. The minimum Gasteiger partial charge on any atom is -0.628 e. The summed E-state index contributed by atoms with van der Waals surface area (Å²) in [5.74, 6) is 0. The van der Waals surface area contributed by atoms with E-state index < -0.39 is 5.23 Å². The van der Waals surface area contributed by atoms with E-state index in [1.165, 1.54) is 6.07 Å². The molecule has 0 spiro atoms. The second-order valence-electron chi connectivity index (χ2n) is 2.52. The molecule has 0 amide bonds. The van der Waals surface area contributed by atoms with Crippen LogP contribution in [0.5, 0.6) is 0 Å². The van der Waals surface area contributed by atoms with Gasteiger partial charge in [0.05, 0.1) is 0 Å². The van der Waals surface area contributed by atoms with E-state index in [0.29, 0.717) is 6.54 Å². The lowest BCUT2D eigenvalue weighted by molar-refractivity contribution is -0.715. The summed E-state index contributed by atoms with van der Waals surface area (Å²) in [4.78, 5) is 0. The molecular formula is C8H11N2O2-. The Morgan fingerprint density at radius 3 is 2.75 bits per heavy atom. The molecule has 1 rings (SSSR count). The molecule has 0 aromatic heterocycles. The molecule has 0 aliphatic rings. The first-order valence-corrected chi connectivity index (χ1v) is 3.69. The van der Waals surface area contributed by atoms with Crippen molar-refractivity contribution >= 4 is 5.69 Å². The van der Waals surface area contributed by atoms with Crippen molar-refractivity contribution in [2.24, 2.45) is 0 Å². The van der Waals surface area contributed by atoms with Gasteiger partial charge in [0.25, 0.3) is 0 Å². The second-order valence-corrected chi connectivity index (χ2v) is 2.52. The summed E-state index contributed by atoms with van der Waals surface area (Å²) in [5, 5.41) is 22.7. The van der Waals surface area contributed by atoms with Crippen LogP contribution in [0.3, 0.4) is 0 Å². The van der Waals surface area contributed by atoms with E-state index in [-0.39, 0.29) is 5.69 Å². The van der Waals surface area contributed by atoms with E-state index in [2.05, 4.69) is 5.32 Å². The Morgan fingerprint density at radius 1 is 1.42 bits per heavy atom. The lowest BCUT2D eigenvalue weighted by atomic mass is 10.2. The fourth-order valence-electron chi connectivity index (χ4n) is 1.01. The molecular weight excluding hydrogens is 156 g/mol. The summed E-state index contributed by atoms with van der Waals surface area (Å²) in [5.41, 5.74) is 1.17. The summed E-state index contributed by atoms with van der Waals surface area (Å²) in [6.45, 7) is 0.668. The average molecular weight is 167 g/mol. The van der Waals surface area contributed by atoms with Gasteiger partial charge in [-0.1, -0.05) is 12.1 Å². The number of rotatable bonds is 3. The summed E-state index contributed by atoms with van der Waals surface area (Å²) < 4.78 is 0. The van der Waals surface area contributed by atoms with Crippen LogP contribution in [0.25, 0.3) is 0 Å². The van der Waals surface area contributed by atoms with Crippen LogP contribution in [0.2, 0.25) is 0 Å². The molecule has 0 atom stereocenters. The highest BCUT2D eigenvalue weighted by Gasteiger charge is 1.95. The van der Waals surface area contributed by atoms with Gasteiger partial charge in [-0.05, 0) is 18.7 Å². The number of quaternary nitrogens is 1. The minimum atomic E-state index is -1.13. The van der Waals surface area contributed by atoms with Crippen LogP contribution >= 0.6 is 0 Å². The molecule has 0 fully saturated rings. The summed E-state index contributed by atoms with van der Waals surface area (Å²) in [6.07, 6.45) is 0. The SMILES string of the molecule is CNCc1cccc([NH+]([O-])[O-])c1. The Bertz CT molecular complexity index is 251. The van der Waals surface area contributed by atoms with Gasteiger partial charge in [-0.3, -0.25) is 0 Å². The fourth-order valence-corrected chi connectivity index (χ4v) is 1.01. The number of hydrogen-bond acceptors (Lipinski definition) is 3. The molecule has 1 aromatic carbocycles. The summed E-state index contributed by atoms with van der Waals surface area (Å²) >= 11 is 0. The predicted octanol–water partition coefficient (Wildman–Crippen LogP) is -0.0820. The maximum atomic E-state index is 10.4. The third-order valence-corrected chi connectivity index (χ3v) is 1.54. The first-order chi connectivity index (χ1) is 5.74. The molecule has 12 heavy (non-hydrogen) atoms. The quantitative estimate of drug-likeness (QED) is 0.619. The van der Waals surface area contributed by atoms with E-state index in [9.17, 15) is 10.4 Å². The number of hydrogen-bond donors (Lipinski definition) is 2. The maximum absolute atomic E-state index is 10.4. The largest absolute Gasteiger partial charge is 0.628 e. The monoisotopic (exact) mass is 167 g/mol. The third kappa shape index (κ3) is 2.28.